The topological polar surface area (TPSA) is 106 Å². The van der Waals surface area contributed by atoms with Crippen LogP contribution in [0.5, 0.6) is 0 Å². The van der Waals surface area contributed by atoms with Crippen LogP contribution in [0.2, 0.25) is 0 Å². The molecule has 1 aliphatic rings. The molecule has 0 unspecified atom stereocenters. The molecule has 1 saturated heterocycles. The van der Waals surface area contributed by atoms with Crippen molar-refractivity contribution in [2.45, 2.75) is 32.2 Å². The van der Waals surface area contributed by atoms with Crippen molar-refractivity contribution in [2.24, 2.45) is 0 Å². The minimum Gasteiger partial charge on any atom is -0.450 e. The van der Waals surface area contributed by atoms with Crippen molar-refractivity contribution in [1.29, 1.82) is 0 Å². The molecule has 9 nitrogen and oxygen atoms in total. The summed E-state index contributed by atoms with van der Waals surface area (Å²) in [6, 6.07) is 1.83. The van der Waals surface area contributed by atoms with Gasteiger partial charge in [-0.15, -0.1) is 0 Å². The normalized spacial score (nSPS) is 14.8. The number of piperidine rings is 1. The lowest BCUT2D eigenvalue weighted by molar-refractivity contribution is 0.0941. The number of carbonyl (C=O) groups excluding carboxylic acids is 2. The van der Waals surface area contributed by atoms with E-state index in [1.165, 1.54) is 6.33 Å². The third-order valence-corrected chi connectivity index (χ3v) is 4.08. The summed E-state index contributed by atoms with van der Waals surface area (Å²) in [5, 5.41) is 6.11. The summed E-state index contributed by atoms with van der Waals surface area (Å²) in [4.78, 5) is 33.7. The highest BCUT2D eigenvalue weighted by Gasteiger charge is 2.23. The predicted octanol–water partition coefficient (Wildman–Crippen LogP) is 1.28. The van der Waals surface area contributed by atoms with Crippen LogP contribution in [-0.2, 0) is 9.47 Å². The predicted molar refractivity (Wildman–Crippen MR) is 96.1 cm³/mol. The van der Waals surface area contributed by atoms with Crippen molar-refractivity contribution in [1.82, 2.24) is 20.2 Å². The van der Waals surface area contributed by atoms with Crippen molar-refractivity contribution in [2.75, 3.05) is 45.3 Å². The summed E-state index contributed by atoms with van der Waals surface area (Å²) in [6.45, 7) is 4.58. The number of nitrogens with zero attached hydrogens (tertiary/aromatic N) is 3. The molecular formula is C17H27N5O4. The number of methoxy groups -OCH3 is 1. The Balaban J connectivity index is 1.81. The molecule has 0 spiro atoms. The minimum absolute atomic E-state index is 0.188. The van der Waals surface area contributed by atoms with E-state index in [-0.39, 0.29) is 18.0 Å². The molecule has 9 heteroatoms. The molecule has 2 amide bonds. The van der Waals surface area contributed by atoms with Crippen molar-refractivity contribution in [3.05, 3.63) is 18.1 Å². The average molecular weight is 365 g/mol. The second kappa shape index (κ2) is 10.5. The smallest absolute Gasteiger partial charge is 0.409 e. The molecule has 0 saturated carbocycles. The van der Waals surface area contributed by atoms with Gasteiger partial charge >= 0.3 is 6.09 Å². The highest BCUT2D eigenvalue weighted by molar-refractivity contribution is 5.92. The first-order valence-corrected chi connectivity index (χ1v) is 8.91. The monoisotopic (exact) mass is 365 g/mol. The number of likely N-dealkylation sites (tertiary alicyclic amines) is 1. The third kappa shape index (κ3) is 6.14. The van der Waals surface area contributed by atoms with Gasteiger partial charge in [-0.2, -0.15) is 0 Å². The van der Waals surface area contributed by atoms with Gasteiger partial charge in [-0.05, 0) is 26.2 Å². The molecule has 0 radical (unpaired) electrons. The van der Waals surface area contributed by atoms with Crippen LogP contribution in [0.15, 0.2) is 12.4 Å². The van der Waals surface area contributed by atoms with Crippen molar-refractivity contribution >= 4 is 17.8 Å². The Labute approximate surface area is 153 Å². The van der Waals surface area contributed by atoms with Crippen LogP contribution in [0, 0.1) is 0 Å². The van der Waals surface area contributed by atoms with Gasteiger partial charge in [0.25, 0.3) is 5.91 Å². The number of hydrogen-bond acceptors (Lipinski definition) is 7. The molecule has 2 rings (SSSR count). The fraction of sp³-hybridized carbons (Fsp3) is 0.647. The maximum absolute atomic E-state index is 12.1. The van der Waals surface area contributed by atoms with E-state index < -0.39 is 0 Å². The zero-order valence-corrected chi connectivity index (χ0v) is 15.4. The lowest BCUT2D eigenvalue weighted by Gasteiger charge is -2.31. The molecule has 144 valence electrons. The Kier molecular flexibility index (Phi) is 8.07. The number of hydrogen-bond donors (Lipinski definition) is 2. The molecule has 0 aromatic carbocycles. The summed E-state index contributed by atoms with van der Waals surface area (Å²) in [5.74, 6) is 0.375. The van der Waals surface area contributed by atoms with E-state index in [2.05, 4.69) is 20.6 Å². The van der Waals surface area contributed by atoms with Crippen molar-refractivity contribution in [3.8, 4) is 0 Å². The van der Waals surface area contributed by atoms with Crippen molar-refractivity contribution < 1.29 is 19.1 Å². The molecule has 1 aromatic heterocycles. The number of rotatable bonds is 8. The fourth-order valence-electron chi connectivity index (χ4n) is 2.70. The van der Waals surface area contributed by atoms with Gasteiger partial charge in [0.15, 0.2) is 0 Å². The van der Waals surface area contributed by atoms with Gasteiger partial charge < -0.3 is 25.0 Å². The second-order valence-electron chi connectivity index (χ2n) is 6.00. The SMILES string of the molecule is CCOC(=O)N1CCC(Nc2cc(C(=O)NCCCOC)ncn2)CC1. The van der Waals surface area contributed by atoms with Crippen LogP contribution in [0.3, 0.4) is 0 Å². The molecule has 0 aliphatic carbocycles. The van der Waals surface area contributed by atoms with E-state index in [1.54, 1.807) is 25.0 Å². The number of carbonyl (C=O) groups is 2. The van der Waals surface area contributed by atoms with Gasteiger partial charge in [0.2, 0.25) is 0 Å². The fourth-order valence-corrected chi connectivity index (χ4v) is 2.70. The van der Waals surface area contributed by atoms with Gasteiger partial charge in [-0.25, -0.2) is 14.8 Å². The maximum atomic E-state index is 12.1. The molecule has 1 aromatic rings. The van der Waals surface area contributed by atoms with Gasteiger partial charge in [-0.1, -0.05) is 0 Å². The quantitative estimate of drug-likeness (QED) is 0.668. The molecule has 2 N–H and O–H groups in total. The Morgan fingerprint density at radius 3 is 2.77 bits per heavy atom. The van der Waals surface area contributed by atoms with Gasteiger partial charge in [0, 0.05) is 45.5 Å². The van der Waals surface area contributed by atoms with Gasteiger partial charge in [0.05, 0.1) is 6.61 Å². The first-order valence-electron chi connectivity index (χ1n) is 8.91. The Bertz CT molecular complexity index is 590. The van der Waals surface area contributed by atoms with E-state index in [0.29, 0.717) is 44.4 Å². The van der Waals surface area contributed by atoms with E-state index in [0.717, 1.165) is 19.3 Å². The van der Waals surface area contributed by atoms with Crippen LogP contribution in [0.4, 0.5) is 10.6 Å². The summed E-state index contributed by atoms with van der Waals surface area (Å²) >= 11 is 0. The Hall–Kier alpha value is -2.42. The van der Waals surface area contributed by atoms with E-state index in [1.807, 2.05) is 0 Å². The zero-order valence-electron chi connectivity index (χ0n) is 15.4. The summed E-state index contributed by atoms with van der Waals surface area (Å²) in [5.41, 5.74) is 0.323. The molecular weight excluding hydrogens is 338 g/mol. The number of aromatic nitrogens is 2. The third-order valence-electron chi connectivity index (χ3n) is 4.08. The van der Waals surface area contributed by atoms with Crippen LogP contribution >= 0.6 is 0 Å². The van der Waals surface area contributed by atoms with Crippen LogP contribution in [0.25, 0.3) is 0 Å². The second-order valence-corrected chi connectivity index (χ2v) is 6.00. The molecule has 26 heavy (non-hydrogen) atoms. The molecule has 0 atom stereocenters. The lowest BCUT2D eigenvalue weighted by atomic mass is 10.1. The number of amides is 2. The van der Waals surface area contributed by atoms with Gasteiger partial charge in [0.1, 0.15) is 17.8 Å². The van der Waals surface area contributed by atoms with Crippen LogP contribution in [-0.4, -0.2) is 72.9 Å². The number of ether oxygens (including phenoxy) is 2. The number of nitrogens with one attached hydrogen (secondary N) is 2. The molecule has 0 bridgehead atoms. The minimum atomic E-state index is -0.264. The number of anilines is 1. The molecule has 1 aliphatic heterocycles. The first-order chi connectivity index (χ1) is 12.6. The highest BCUT2D eigenvalue weighted by Crippen LogP contribution is 2.16. The van der Waals surface area contributed by atoms with E-state index in [4.69, 9.17) is 9.47 Å². The Morgan fingerprint density at radius 1 is 1.31 bits per heavy atom. The molecule has 2 heterocycles. The van der Waals surface area contributed by atoms with Crippen LogP contribution < -0.4 is 10.6 Å². The zero-order chi connectivity index (χ0) is 18.8. The lowest BCUT2D eigenvalue weighted by Crippen LogP contribution is -2.42. The maximum Gasteiger partial charge on any atom is 0.409 e. The average Bonchev–Trinajstić information content (AvgIpc) is 2.66. The van der Waals surface area contributed by atoms with Gasteiger partial charge in [-0.3, -0.25) is 4.79 Å². The molecule has 1 fully saturated rings. The van der Waals surface area contributed by atoms with E-state index in [9.17, 15) is 9.59 Å². The highest BCUT2D eigenvalue weighted by atomic mass is 16.6. The first kappa shape index (κ1) is 19.9. The standard InChI is InChI=1S/C17H27N5O4/c1-3-26-17(24)22-8-5-13(6-9-22)21-15-11-14(19-12-20-15)16(23)18-7-4-10-25-2/h11-13H,3-10H2,1-2H3,(H,18,23)(H,19,20,21). The summed E-state index contributed by atoms with van der Waals surface area (Å²) < 4.78 is 9.97. The summed E-state index contributed by atoms with van der Waals surface area (Å²) in [7, 11) is 1.63. The van der Waals surface area contributed by atoms with Crippen molar-refractivity contribution in [3.63, 3.8) is 0 Å². The Morgan fingerprint density at radius 2 is 2.08 bits per heavy atom. The largest absolute Gasteiger partial charge is 0.450 e. The van der Waals surface area contributed by atoms with Crippen LogP contribution in [0.1, 0.15) is 36.7 Å². The summed E-state index contributed by atoms with van der Waals surface area (Å²) in [6.07, 6.45) is 3.45. The van der Waals surface area contributed by atoms with E-state index >= 15 is 0 Å².